The zero-order valence-electron chi connectivity index (χ0n) is 38.2. The van der Waals surface area contributed by atoms with Crippen molar-refractivity contribution in [1.29, 1.82) is 0 Å². The Morgan fingerprint density at radius 2 is 1.10 bits per heavy atom. The third kappa shape index (κ3) is 12.2. The number of alkyl halides is 17. The molecular weight excluding hydrogens is 998 g/mol. The molecule has 0 aliphatic heterocycles. The Morgan fingerprint density at radius 1 is 0.638 bits per heavy atom. The molecule has 0 heterocycles. The maximum absolute atomic E-state index is 15.1. The molecule has 0 radical (unpaired) electrons. The monoisotopic (exact) mass is 1050 g/mol. The van der Waals surface area contributed by atoms with Gasteiger partial charge < -0.3 is 28.1 Å². The molecule has 0 aliphatic carbocycles. The number of carbonyl (C=O) groups is 2. The van der Waals surface area contributed by atoms with E-state index in [1.807, 2.05) is 0 Å². The van der Waals surface area contributed by atoms with Crippen molar-refractivity contribution in [2.75, 3.05) is 39.4 Å². The maximum Gasteiger partial charge on any atom is 0.460 e. The Kier molecular flexibility index (Phi) is 19.6. The van der Waals surface area contributed by atoms with Gasteiger partial charge in [-0.1, -0.05) is 39.8 Å². The molecule has 2 atom stereocenters. The topological polar surface area (TPSA) is 102 Å². The fraction of sp³-hybridized carbons (Fsp3) is 0.619. The normalized spacial score (nSPS) is 15.1. The molecule has 2 aromatic carbocycles. The number of methoxy groups -OCH3 is 2. The first-order valence-electron chi connectivity index (χ1n) is 20.4. The molecule has 394 valence electrons. The summed E-state index contributed by atoms with van der Waals surface area (Å²) in [5.74, 6) is -57.0. The van der Waals surface area contributed by atoms with Gasteiger partial charge in [-0.15, -0.1) is 0 Å². The average molecular weight is 1050 g/mol. The van der Waals surface area contributed by atoms with Crippen LogP contribution in [0, 0.1) is 0 Å². The number of ether oxygens (including phenoxy) is 5. The van der Waals surface area contributed by atoms with Gasteiger partial charge in [0.2, 0.25) is 0 Å². The third-order valence-electron chi connectivity index (χ3n) is 11.2. The van der Waals surface area contributed by atoms with Crippen molar-refractivity contribution in [2.24, 2.45) is 0 Å². The second-order valence-corrected chi connectivity index (χ2v) is 21.1. The van der Waals surface area contributed by atoms with E-state index < -0.39 is 117 Å². The van der Waals surface area contributed by atoms with Gasteiger partial charge in [0.15, 0.2) is 14.4 Å². The second kappa shape index (κ2) is 22.3. The standard InChI is InChI=1S/C42H50F17NO8Si/c1-10-65-33(61)26(7)25(6)31(64-9)32(68-34(62)60-28-13-17-29(63-8)18-14-28)27-11-15-30(16-12-27)66-20-21-67-69(23(2)3,24(4)5)22-19-35(43,44)36(45,46)37(47,48)38(49,50)39(51,52)40(53,54)41(55,56)42(57,58)59/h11-18,23-24,31-32H,10,19-22H2,1-9H3,(H,60,62)/b26-25+/t31-,32-/m1/s1. The van der Waals surface area contributed by atoms with E-state index in [2.05, 4.69) is 5.32 Å². The van der Waals surface area contributed by atoms with Crippen LogP contribution in [0.2, 0.25) is 17.1 Å². The molecule has 2 rings (SSSR count). The van der Waals surface area contributed by atoms with Gasteiger partial charge in [-0.3, -0.25) is 5.32 Å². The lowest BCUT2D eigenvalue weighted by Crippen LogP contribution is -2.74. The number of halogens is 17. The Labute approximate surface area is 386 Å². The van der Waals surface area contributed by atoms with Crippen molar-refractivity contribution < 1.29 is 112 Å². The molecule has 69 heavy (non-hydrogen) atoms. The lowest BCUT2D eigenvalue weighted by molar-refractivity contribution is -0.461. The van der Waals surface area contributed by atoms with E-state index in [1.54, 1.807) is 19.1 Å². The number of carbonyl (C=O) groups excluding carboxylic acids is 2. The Balaban J connectivity index is 2.38. The fourth-order valence-electron chi connectivity index (χ4n) is 6.88. The molecule has 27 heteroatoms. The van der Waals surface area contributed by atoms with E-state index in [4.69, 9.17) is 28.1 Å². The minimum atomic E-state index is -8.71. The van der Waals surface area contributed by atoms with Gasteiger partial charge in [0, 0.05) is 24.8 Å². The van der Waals surface area contributed by atoms with Crippen LogP contribution in [0.5, 0.6) is 11.5 Å². The Morgan fingerprint density at radius 3 is 1.54 bits per heavy atom. The van der Waals surface area contributed by atoms with Gasteiger partial charge in [0.05, 0.1) is 20.3 Å². The first-order chi connectivity index (χ1) is 31.3. The van der Waals surface area contributed by atoms with E-state index in [-0.39, 0.29) is 23.5 Å². The van der Waals surface area contributed by atoms with Crippen molar-refractivity contribution in [3.8, 4) is 11.5 Å². The molecule has 0 bridgehead atoms. The average Bonchev–Trinajstić information content (AvgIpc) is 3.25. The number of benzene rings is 2. The van der Waals surface area contributed by atoms with E-state index in [0.717, 1.165) is 0 Å². The first kappa shape index (κ1) is 60.6. The molecular formula is C42H50F17NO8Si. The Bertz CT molecular complexity index is 2040. The van der Waals surface area contributed by atoms with Gasteiger partial charge in [-0.25, -0.2) is 9.59 Å². The molecule has 0 saturated carbocycles. The minimum Gasteiger partial charge on any atom is -0.497 e. The number of nitrogens with one attached hydrogen (secondary N) is 1. The largest absolute Gasteiger partial charge is 0.497 e. The zero-order valence-corrected chi connectivity index (χ0v) is 39.2. The molecule has 0 fully saturated rings. The van der Waals surface area contributed by atoms with Crippen molar-refractivity contribution in [3.63, 3.8) is 0 Å². The molecule has 9 nitrogen and oxygen atoms in total. The van der Waals surface area contributed by atoms with Gasteiger partial charge in [-0.2, -0.15) is 74.6 Å². The van der Waals surface area contributed by atoms with Crippen LogP contribution in [-0.4, -0.2) is 108 Å². The van der Waals surface area contributed by atoms with Crippen LogP contribution in [0.15, 0.2) is 59.7 Å². The summed E-state index contributed by atoms with van der Waals surface area (Å²) in [7, 11) is -1.33. The van der Waals surface area contributed by atoms with Crippen LogP contribution in [0.3, 0.4) is 0 Å². The summed E-state index contributed by atoms with van der Waals surface area (Å²) in [4.78, 5) is 25.8. The number of hydrogen-bond acceptors (Lipinski definition) is 8. The summed E-state index contributed by atoms with van der Waals surface area (Å²) < 4.78 is 270. The van der Waals surface area contributed by atoms with Gasteiger partial charge >= 0.3 is 59.7 Å². The van der Waals surface area contributed by atoms with Gasteiger partial charge in [-0.05, 0) is 85.4 Å². The molecule has 0 aliphatic rings. The predicted octanol–water partition coefficient (Wildman–Crippen LogP) is 13.5. The van der Waals surface area contributed by atoms with Crippen LogP contribution in [0.4, 0.5) is 85.1 Å². The maximum atomic E-state index is 15.1. The number of rotatable bonds is 25. The van der Waals surface area contributed by atoms with Crippen molar-refractivity contribution in [3.05, 3.63) is 65.2 Å². The van der Waals surface area contributed by atoms with E-state index >= 15 is 8.78 Å². The third-order valence-corrected chi connectivity index (χ3v) is 16.9. The second-order valence-electron chi connectivity index (χ2n) is 16.0. The summed E-state index contributed by atoms with van der Waals surface area (Å²) in [5, 5.41) is 2.55. The SMILES string of the molecule is CCOC(=O)/C(C)=C(\C)[C@@H](OC)[C@H](OC(=O)Nc1ccc(OC)cc1)c1ccc(OCCO[Si](CCC(F)(F)C(F)(F)C(F)(F)C(F)(F)C(F)(F)C(F)(F)C(F)(F)C(F)(F)F)(C(C)C)C(C)C)cc1. The number of esters is 1. The van der Waals surface area contributed by atoms with Crippen molar-refractivity contribution >= 4 is 26.1 Å². The van der Waals surface area contributed by atoms with Gasteiger partial charge in [0.25, 0.3) is 0 Å². The molecule has 0 aromatic heterocycles. The lowest BCUT2D eigenvalue weighted by Gasteiger charge is -2.44. The summed E-state index contributed by atoms with van der Waals surface area (Å²) in [6, 6.07) is 10.4. The molecule has 0 spiro atoms. The number of anilines is 1. The fourth-order valence-corrected chi connectivity index (χ4v) is 11.4. The predicted molar refractivity (Wildman–Crippen MR) is 216 cm³/mol. The van der Waals surface area contributed by atoms with E-state index in [1.165, 1.54) is 92.2 Å². The summed E-state index contributed by atoms with van der Waals surface area (Å²) in [6.45, 7) is 8.85. The summed E-state index contributed by atoms with van der Waals surface area (Å²) in [6.07, 6.45) is -13.7. The molecule has 0 saturated heterocycles. The highest BCUT2D eigenvalue weighted by Crippen LogP contribution is 2.64. The number of hydrogen-bond donors (Lipinski definition) is 1. The van der Waals surface area contributed by atoms with Crippen molar-refractivity contribution in [2.45, 2.75) is 132 Å². The molecule has 0 unspecified atom stereocenters. The van der Waals surface area contributed by atoms with Crippen LogP contribution < -0.4 is 14.8 Å². The zero-order chi connectivity index (χ0) is 53.6. The molecule has 2 aromatic rings. The van der Waals surface area contributed by atoms with Crippen LogP contribution in [-0.2, 0) is 23.4 Å². The van der Waals surface area contributed by atoms with E-state index in [0.29, 0.717) is 17.0 Å². The van der Waals surface area contributed by atoms with Crippen LogP contribution in [0.25, 0.3) is 0 Å². The quantitative estimate of drug-likeness (QED) is 0.0345. The number of amides is 1. The molecule has 1 N–H and O–H groups in total. The van der Waals surface area contributed by atoms with E-state index in [9.17, 15) is 75.4 Å². The van der Waals surface area contributed by atoms with Gasteiger partial charge in [0.1, 0.15) is 24.2 Å². The van der Waals surface area contributed by atoms with Crippen LogP contribution in [0.1, 0.15) is 66.6 Å². The van der Waals surface area contributed by atoms with Crippen molar-refractivity contribution in [1.82, 2.24) is 0 Å². The minimum absolute atomic E-state index is 0.0473. The highest BCUT2D eigenvalue weighted by atomic mass is 28.4. The molecule has 1 amide bonds. The first-order valence-corrected chi connectivity index (χ1v) is 22.7. The lowest BCUT2D eigenvalue weighted by atomic mass is 9.88. The smallest absolute Gasteiger partial charge is 0.460 e. The highest BCUT2D eigenvalue weighted by Gasteiger charge is 2.95. The highest BCUT2D eigenvalue weighted by molar-refractivity contribution is 6.76. The Hall–Kier alpha value is -4.53. The van der Waals surface area contributed by atoms with Crippen LogP contribution >= 0.6 is 0 Å². The summed E-state index contributed by atoms with van der Waals surface area (Å²) >= 11 is 0. The summed E-state index contributed by atoms with van der Waals surface area (Å²) in [5.41, 5.74) is -0.788.